The summed E-state index contributed by atoms with van der Waals surface area (Å²) in [5, 5.41) is 15.8. The Morgan fingerprint density at radius 2 is 0.447 bits per heavy atom. The lowest BCUT2D eigenvalue weighted by Crippen LogP contribution is -2.23. The van der Waals surface area contributed by atoms with Crippen molar-refractivity contribution < 1.29 is 0 Å². The molecule has 4 fully saturated rings. The predicted octanol–water partition coefficient (Wildman–Crippen LogP) is 21.3. The van der Waals surface area contributed by atoms with Crippen molar-refractivity contribution in [3.8, 4) is 0 Å². The van der Waals surface area contributed by atoms with Crippen molar-refractivity contribution in [3.05, 3.63) is 121 Å². The van der Waals surface area contributed by atoms with Crippen molar-refractivity contribution in [3.63, 3.8) is 0 Å². The molecule has 0 amide bonds. The Hall–Kier alpha value is -5.10. The molecule has 0 spiro atoms. The molecule has 0 saturated heterocycles. The van der Waals surface area contributed by atoms with E-state index in [1.165, 1.54) is 177 Å². The summed E-state index contributed by atoms with van der Waals surface area (Å²) in [6, 6.07) is 48.4. The molecule has 5 aromatic carbocycles. The highest BCUT2D eigenvalue weighted by Crippen LogP contribution is 2.42. The molecular formula is C70H100N6. The monoisotopic (exact) mass is 1020 g/mol. The second kappa shape index (κ2) is 29.0. The van der Waals surface area contributed by atoms with E-state index in [-0.39, 0.29) is 0 Å². The average molecular weight is 1030 g/mol. The Morgan fingerprint density at radius 1 is 0.276 bits per heavy atom. The topological polar surface area (TPSA) is 54.6 Å². The minimum absolute atomic E-state index is 0.504. The quantitative estimate of drug-likeness (QED) is 0.0443. The normalized spacial score (nSPS) is 18.8. The molecule has 4 saturated carbocycles. The van der Waals surface area contributed by atoms with Gasteiger partial charge in [-0.05, 0) is 196 Å². The molecule has 4 aliphatic rings. The Kier molecular flexibility index (Phi) is 21.3. The standard InChI is InChI=1S/C70H100N6/c1-5-57(49-53-21-13-9-14-22-53)71-61-29-37-65(38-30-61)75(66-39-31-62(32-40-66)72-58(6-2)50-54-23-15-10-16-24-54)69-45-47-70(48-46-69)76(67-41-33-63(34-42-67)73-59(7-3)51-55-25-17-11-18-26-55)68-43-35-64(36-44-68)74-60(8-4)52-56-27-19-12-20-28-56/h29-48,53-60,71-74H,5-28,49-52H2,1-4H3. The molecule has 4 N–H and O–H groups in total. The van der Waals surface area contributed by atoms with Gasteiger partial charge in [-0.15, -0.1) is 0 Å². The molecule has 4 atom stereocenters. The van der Waals surface area contributed by atoms with Gasteiger partial charge < -0.3 is 31.1 Å². The molecule has 6 nitrogen and oxygen atoms in total. The molecular weight excluding hydrogens is 925 g/mol. The van der Waals surface area contributed by atoms with E-state index < -0.39 is 0 Å². The van der Waals surface area contributed by atoms with Crippen LogP contribution < -0.4 is 31.1 Å². The van der Waals surface area contributed by atoms with Gasteiger partial charge in [0.05, 0.1) is 0 Å². The predicted molar refractivity (Wildman–Crippen MR) is 331 cm³/mol. The Labute approximate surface area is 462 Å². The molecule has 0 radical (unpaired) electrons. The maximum absolute atomic E-state index is 3.96. The first kappa shape index (κ1) is 55.6. The van der Waals surface area contributed by atoms with Crippen LogP contribution in [-0.4, -0.2) is 24.2 Å². The van der Waals surface area contributed by atoms with Gasteiger partial charge in [-0.1, -0.05) is 156 Å². The molecule has 4 unspecified atom stereocenters. The van der Waals surface area contributed by atoms with Gasteiger partial charge in [-0.3, -0.25) is 0 Å². The summed E-state index contributed by atoms with van der Waals surface area (Å²) in [6.07, 6.45) is 37.7. The SMILES string of the molecule is CCC(CC1CCCCC1)Nc1ccc(N(c2ccc(NC(CC)CC3CCCCC3)cc2)c2ccc(N(c3ccc(NC(CC)CC4CCCCC4)cc3)c3ccc(NC(CC)CC4CCCCC4)cc3)cc2)cc1. The Morgan fingerprint density at radius 3 is 0.618 bits per heavy atom. The van der Waals surface area contributed by atoms with Crippen molar-refractivity contribution >= 4 is 56.9 Å². The van der Waals surface area contributed by atoms with Gasteiger partial charge in [-0.25, -0.2) is 0 Å². The molecule has 0 bridgehead atoms. The van der Waals surface area contributed by atoms with Crippen LogP contribution in [0.15, 0.2) is 121 Å². The third-order valence-corrected chi connectivity index (χ3v) is 18.7. The van der Waals surface area contributed by atoms with Crippen LogP contribution in [0.3, 0.4) is 0 Å². The van der Waals surface area contributed by atoms with Gasteiger partial charge in [-0.2, -0.15) is 0 Å². The number of nitrogens with one attached hydrogen (secondary N) is 4. The maximum atomic E-state index is 3.96. The van der Waals surface area contributed by atoms with E-state index in [0.717, 1.165) is 83.5 Å². The number of benzene rings is 5. The zero-order valence-corrected chi connectivity index (χ0v) is 47.9. The van der Waals surface area contributed by atoms with E-state index in [1.54, 1.807) is 0 Å². The lowest BCUT2D eigenvalue weighted by Gasteiger charge is -2.30. The third kappa shape index (κ3) is 16.0. The molecule has 76 heavy (non-hydrogen) atoms. The van der Waals surface area contributed by atoms with E-state index in [0.29, 0.717) is 24.2 Å². The van der Waals surface area contributed by atoms with Crippen LogP contribution in [0.2, 0.25) is 0 Å². The molecule has 410 valence electrons. The summed E-state index contributed by atoms with van der Waals surface area (Å²) in [5.74, 6) is 3.42. The highest BCUT2D eigenvalue weighted by atomic mass is 15.2. The lowest BCUT2D eigenvalue weighted by atomic mass is 9.84. The second-order valence-corrected chi connectivity index (χ2v) is 24.3. The van der Waals surface area contributed by atoms with Crippen molar-refractivity contribution in [2.24, 2.45) is 23.7 Å². The summed E-state index contributed by atoms with van der Waals surface area (Å²) in [6.45, 7) is 9.39. The van der Waals surface area contributed by atoms with Gasteiger partial charge in [0, 0.05) is 81.0 Å². The molecule has 0 aromatic heterocycles. The first-order valence-electron chi connectivity index (χ1n) is 31.6. The van der Waals surface area contributed by atoms with Crippen LogP contribution in [0.4, 0.5) is 56.9 Å². The highest BCUT2D eigenvalue weighted by Gasteiger charge is 2.24. The molecule has 4 aliphatic carbocycles. The van der Waals surface area contributed by atoms with Crippen LogP contribution in [-0.2, 0) is 0 Å². The molecule has 9 rings (SSSR count). The number of hydrogen-bond donors (Lipinski definition) is 4. The number of hydrogen-bond acceptors (Lipinski definition) is 6. The minimum atomic E-state index is 0.504. The summed E-state index contributed by atoms with van der Waals surface area (Å²) in [7, 11) is 0. The number of anilines is 10. The van der Waals surface area contributed by atoms with Crippen LogP contribution in [0.1, 0.15) is 207 Å². The number of nitrogens with zero attached hydrogens (tertiary/aromatic N) is 2. The third-order valence-electron chi connectivity index (χ3n) is 18.7. The highest BCUT2D eigenvalue weighted by molar-refractivity contribution is 5.82. The van der Waals surface area contributed by atoms with E-state index >= 15 is 0 Å². The van der Waals surface area contributed by atoms with Gasteiger partial charge in [0.25, 0.3) is 0 Å². The zero-order chi connectivity index (χ0) is 52.3. The lowest BCUT2D eigenvalue weighted by molar-refractivity contribution is 0.321. The maximum Gasteiger partial charge on any atom is 0.0463 e. The number of rotatable bonds is 26. The van der Waals surface area contributed by atoms with Crippen molar-refractivity contribution in [1.82, 2.24) is 0 Å². The van der Waals surface area contributed by atoms with Crippen molar-refractivity contribution in [1.29, 1.82) is 0 Å². The molecule has 6 heteroatoms. The second-order valence-electron chi connectivity index (χ2n) is 24.3. The van der Waals surface area contributed by atoms with Crippen LogP contribution in [0.5, 0.6) is 0 Å². The fourth-order valence-electron chi connectivity index (χ4n) is 14.0. The molecule has 5 aromatic rings. The van der Waals surface area contributed by atoms with E-state index in [9.17, 15) is 0 Å². The van der Waals surface area contributed by atoms with Crippen molar-refractivity contribution in [2.75, 3.05) is 31.1 Å². The summed E-state index contributed by atoms with van der Waals surface area (Å²) in [5.41, 5.74) is 11.8. The molecule has 0 heterocycles. The van der Waals surface area contributed by atoms with Gasteiger partial charge >= 0.3 is 0 Å². The zero-order valence-electron chi connectivity index (χ0n) is 47.9. The summed E-state index contributed by atoms with van der Waals surface area (Å²) >= 11 is 0. The van der Waals surface area contributed by atoms with Gasteiger partial charge in [0.15, 0.2) is 0 Å². The minimum Gasteiger partial charge on any atom is -0.382 e. The smallest absolute Gasteiger partial charge is 0.0463 e. The van der Waals surface area contributed by atoms with E-state index in [1.807, 2.05) is 0 Å². The van der Waals surface area contributed by atoms with Crippen LogP contribution in [0, 0.1) is 23.7 Å². The van der Waals surface area contributed by atoms with E-state index in [2.05, 4.69) is 180 Å². The summed E-state index contributed by atoms with van der Waals surface area (Å²) in [4.78, 5) is 4.88. The first-order valence-corrected chi connectivity index (χ1v) is 31.6. The van der Waals surface area contributed by atoms with Crippen LogP contribution in [0.25, 0.3) is 0 Å². The Bertz CT molecular complexity index is 2050. The summed E-state index contributed by atoms with van der Waals surface area (Å²) < 4.78 is 0. The average Bonchev–Trinajstić information content (AvgIpc) is 3.48. The van der Waals surface area contributed by atoms with Crippen molar-refractivity contribution in [2.45, 2.75) is 232 Å². The van der Waals surface area contributed by atoms with Gasteiger partial charge in [0.1, 0.15) is 0 Å². The largest absolute Gasteiger partial charge is 0.382 e. The van der Waals surface area contributed by atoms with E-state index in [4.69, 9.17) is 0 Å². The fraction of sp³-hybridized carbons (Fsp3) is 0.571. The molecule has 0 aliphatic heterocycles. The first-order chi connectivity index (χ1) is 37.4. The van der Waals surface area contributed by atoms with Gasteiger partial charge in [0.2, 0.25) is 0 Å². The van der Waals surface area contributed by atoms with Crippen LogP contribution >= 0.6 is 0 Å². The Balaban J connectivity index is 0.988. The fourth-order valence-corrected chi connectivity index (χ4v) is 14.0.